The van der Waals surface area contributed by atoms with E-state index in [2.05, 4.69) is 5.10 Å². The van der Waals surface area contributed by atoms with Crippen molar-refractivity contribution in [2.75, 3.05) is 0 Å². The first-order valence-electron chi connectivity index (χ1n) is 6.03. The van der Waals surface area contributed by atoms with Crippen LogP contribution in [-0.4, -0.2) is 46.4 Å². The highest BCUT2D eigenvalue weighted by Crippen LogP contribution is 2.19. The van der Waals surface area contributed by atoms with Crippen LogP contribution in [0.25, 0.3) is 0 Å². The average molecular weight is 319 g/mol. The van der Waals surface area contributed by atoms with Crippen LogP contribution in [0.3, 0.4) is 0 Å². The van der Waals surface area contributed by atoms with E-state index in [0.29, 0.717) is 5.69 Å². The van der Waals surface area contributed by atoms with Gasteiger partial charge in [0.15, 0.2) is 0 Å². The van der Waals surface area contributed by atoms with Gasteiger partial charge < -0.3 is 10.2 Å². The molecular weight excluding hydrogens is 302 g/mol. The fourth-order valence-electron chi connectivity index (χ4n) is 1.89. The van der Waals surface area contributed by atoms with Gasteiger partial charge in [-0.05, 0) is 20.3 Å². The normalized spacial score (nSPS) is 13.1. The summed E-state index contributed by atoms with van der Waals surface area (Å²) < 4.78 is 27.9. The fraction of sp³-hybridized carbons (Fsp3) is 0.545. The molecule has 0 saturated carbocycles. The summed E-state index contributed by atoms with van der Waals surface area (Å²) in [6.07, 6.45) is -0.799. The zero-order valence-electron chi connectivity index (χ0n) is 11.8. The van der Waals surface area contributed by atoms with Crippen LogP contribution in [0, 0.1) is 13.8 Å². The fourth-order valence-corrected chi connectivity index (χ4v) is 3.55. The Morgan fingerprint density at radius 1 is 1.33 bits per heavy atom. The number of carboxylic acids is 2. The van der Waals surface area contributed by atoms with Gasteiger partial charge in [-0.25, -0.2) is 8.42 Å². The topological polar surface area (TPSA) is 139 Å². The van der Waals surface area contributed by atoms with E-state index in [1.165, 1.54) is 11.6 Å². The van der Waals surface area contributed by atoms with Crippen molar-refractivity contribution in [3.8, 4) is 0 Å². The summed E-state index contributed by atoms with van der Waals surface area (Å²) in [5, 5.41) is 21.5. The number of carboxylic acid groups (broad SMARTS) is 2. The molecule has 0 fully saturated rings. The zero-order chi connectivity index (χ0) is 16.4. The van der Waals surface area contributed by atoms with Crippen molar-refractivity contribution < 1.29 is 28.2 Å². The van der Waals surface area contributed by atoms with Gasteiger partial charge in [0.1, 0.15) is 10.9 Å². The van der Waals surface area contributed by atoms with Crippen molar-refractivity contribution in [2.45, 2.75) is 37.6 Å². The van der Waals surface area contributed by atoms with Crippen LogP contribution in [0.15, 0.2) is 4.90 Å². The number of hydrogen-bond acceptors (Lipinski definition) is 5. The van der Waals surface area contributed by atoms with E-state index < -0.39 is 34.4 Å². The second-order valence-electron chi connectivity index (χ2n) is 4.57. The summed E-state index contributed by atoms with van der Waals surface area (Å²) >= 11 is 0. The lowest BCUT2D eigenvalue weighted by atomic mass is 10.2. The monoisotopic (exact) mass is 319 g/mol. The maximum Gasteiger partial charge on any atom is 0.321 e. The maximum atomic E-state index is 12.3. The highest BCUT2D eigenvalue weighted by molar-refractivity contribution is 7.89. The van der Waals surface area contributed by atoms with Crippen molar-refractivity contribution in [3.05, 3.63) is 11.4 Å². The van der Waals surface area contributed by atoms with Crippen molar-refractivity contribution in [3.63, 3.8) is 0 Å². The first-order chi connectivity index (χ1) is 9.56. The first kappa shape index (κ1) is 17.1. The Morgan fingerprint density at radius 2 is 1.90 bits per heavy atom. The molecule has 1 aromatic rings. The van der Waals surface area contributed by atoms with Gasteiger partial charge in [-0.2, -0.15) is 9.82 Å². The lowest BCUT2D eigenvalue weighted by Gasteiger charge is -2.14. The van der Waals surface area contributed by atoms with Crippen molar-refractivity contribution in [1.29, 1.82) is 0 Å². The summed E-state index contributed by atoms with van der Waals surface area (Å²) in [5.74, 6) is -2.63. The van der Waals surface area contributed by atoms with Gasteiger partial charge in [0.05, 0.1) is 11.4 Å². The van der Waals surface area contributed by atoms with Gasteiger partial charge in [-0.15, -0.1) is 0 Å². The van der Waals surface area contributed by atoms with Gasteiger partial charge in [0.25, 0.3) is 0 Å². The molecule has 21 heavy (non-hydrogen) atoms. The van der Waals surface area contributed by atoms with Gasteiger partial charge >= 0.3 is 11.9 Å². The molecule has 9 nitrogen and oxygen atoms in total. The van der Waals surface area contributed by atoms with Crippen LogP contribution in [0.5, 0.6) is 0 Å². The third-order valence-corrected chi connectivity index (χ3v) is 4.68. The highest BCUT2D eigenvalue weighted by Gasteiger charge is 2.30. The number of aromatic nitrogens is 2. The number of hydrogen-bond donors (Lipinski definition) is 3. The summed E-state index contributed by atoms with van der Waals surface area (Å²) in [7, 11) is -2.53. The standard InChI is InChI=1S/C11H17N3O6S/c1-6-10(7(2)14(3)12-6)21(19,20)13-8(11(17)18)4-5-9(15)16/h8,13H,4-5H2,1-3H3,(H,15,16)(H,17,18). The molecule has 1 atom stereocenters. The average Bonchev–Trinajstić information content (AvgIpc) is 2.58. The van der Waals surface area contributed by atoms with Crippen molar-refractivity contribution in [1.82, 2.24) is 14.5 Å². The summed E-state index contributed by atoms with van der Waals surface area (Å²) in [4.78, 5) is 21.5. The van der Waals surface area contributed by atoms with Crippen molar-refractivity contribution >= 4 is 22.0 Å². The Labute approximate surface area is 121 Å². The van der Waals surface area contributed by atoms with E-state index >= 15 is 0 Å². The minimum atomic E-state index is -4.10. The van der Waals surface area contributed by atoms with E-state index in [1.54, 1.807) is 14.0 Å². The zero-order valence-corrected chi connectivity index (χ0v) is 12.6. The smallest absolute Gasteiger partial charge is 0.321 e. The molecule has 0 aromatic carbocycles. The van der Waals surface area contributed by atoms with Crippen LogP contribution < -0.4 is 4.72 Å². The quantitative estimate of drug-likeness (QED) is 0.623. The summed E-state index contributed by atoms with van der Waals surface area (Å²) in [6, 6.07) is -1.51. The number of nitrogens with zero attached hydrogens (tertiary/aromatic N) is 2. The van der Waals surface area contributed by atoms with Crippen LogP contribution in [-0.2, 0) is 26.7 Å². The van der Waals surface area contributed by atoms with Crippen LogP contribution in [0.2, 0.25) is 0 Å². The molecular formula is C11H17N3O6S. The third kappa shape index (κ3) is 4.02. The molecule has 0 saturated heterocycles. The Bertz CT molecular complexity index is 664. The predicted octanol–water partition coefficient (Wildman–Crippen LogP) is -0.367. The Balaban J connectivity index is 3.06. The van der Waals surface area contributed by atoms with Gasteiger partial charge in [-0.3, -0.25) is 14.3 Å². The Kier molecular flexibility index (Phi) is 5.07. The van der Waals surface area contributed by atoms with Crippen LogP contribution in [0.1, 0.15) is 24.2 Å². The van der Waals surface area contributed by atoms with E-state index in [-0.39, 0.29) is 17.0 Å². The van der Waals surface area contributed by atoms with Gasteiger partial charge in [0.2, 0.25) is 10.0 Å². The first-order valence-corrected chi connectivity index (χ1v) is 7.51. The molecule has 0 aliphatic heterocycles. The number of carbonyl (C=O) groups is 2. The molecule has 1 heterocycles. The number of rotatable bonds is 7. The largest absolute Gasteiger partial charge is 0.481 e. The molecule has 0 radical (unpaired) electrons. The number of sulfonamides is 1. The van der Waals surface area contributed by atoms with Crippen molar-refractivity contribution in [2.24, 2.45) is 7.05 Å². The molecule has 10 heteroatoms. The van der Waals surface area contributed by atoms with E-state index in [1.807, 2.05) is 4.72 Å². The molecule has 0 bridgehead atoms. The molecule has 1 unspecified atom stereocenters. The number of nitrogens with one attached hydrogen (secondary N) is 1. The molecule has 0 spiro atoms. The number of aliphatic carboxylic acids is 2. The predicted molar refractivity (Wildman–Crippen MR) is 71.3 cm³/mol. The number of aryl methyl sites for hydroxylation is 2. The van der Waals surface area contributed by atoms with Crippen LogP contribution in [0.4, 0.5) is 0 Å². The molecule has 0 aliphatic carbocycles. The van der Waals surface area contributed by atoms with E-state index in [9.17, 15) is 18.0 Å². The van der Waals surface area contributed by atoms with Gasteiger partial charge in [-0.1, -0.05) is 0 Å². The molecule has 3 N–H and O–H groups in total. The maximum absolute atomic E-state index is 12.3. The minimum absolute atomic E-state index is 0.0911. The lowest BCUT2D eigenvalue weighted by molar-refractivity contribution is -0.140. The Hall–Kier alpha value is -1.94. The second kappa shape index (κ2) is 6.22. The third-order valence-electron chi connectivity index (χ3n) is 2.95. The second-order valence-corrected chi connectivity index (χ2v) is 6.22. The summed E-state index contributed by atoms with van der Waals surface area (Å²) in [6.45, 7) is 3.04. The molecule has 118 valence electrons. The highest BCUT2D eigenvalue weighted by atomic mass is 32.2. The molecule has 1 aromatic heterocycles. The van der Waals surface area contributed by atoms with Crippen LogP contribution >= 0.6 is 0 Å². The lowest BCUT2D eigenvalue weighted by Crippen LogP contribution is -2.41. The van der Waals surface area contributed by atoms with E-state index in [4.69, 9.17) is 10.2 Å². The Morgan fingerprint density at radius 3 is 2.29 bits per heavy atom. The van der Waals surface area contributed by atoms with Gasteiger partial charge in [0, 0.05) is 13.5 Å². The molecule has 0 aliphatic rings. The van der Waals surface area contributed by atoms with E-state index in [0.717, 1.165) is 0 Å². The molecule has 0 amide bonds. The SMILES string of the molecule is Cc1nn(C)c(C)c1S(=O)(=O)NC(CCC(=O)O)C(=O)O. The minimum Gasteiger partial charge on any atom is -0.481 e. The molecule has 1 rings (SSSR count). The summed E-state index contributed by atoms with van der Waals surface area (Å²) in [5.41, 5.74) is 0.604.